The third-order valence-electron chi connectivity index (χ3n) is 3.27. The van der Waals surface area contributed by atoms with Crippen LogP contribution in [0.5, 0.6) is 5.75 Å². The molecule has 2 aromatic rings. The van der Waals surface area contributed by atoms with Gasteiger partial charge in [-0.25, -0.2) is 4.79 Å². The molecule has 0 saturated heterocycles. The van der Waals surface area contributed by atoms with Crippen LogP contribution < -0.4 is 5.32 Å². The van der Waals surface area contributed by atoms with Gasteiger partial charge in [-0.2, -0.15) is 0 Å². The second-order valence-electron chi connectivity index (χ2n) is 5.24. The van der Waals surface area contributed by atoms with E-state index in [0.29, 0.717) is 13.0 Å². The van der Waals surface area contributed by atoms with Crippen molar-refractivity contribution in [3.05, 3.63) is 71.3 Å². The van der Waals surface area contributed by atoms with E-state index in [9.17, 15) is 9.90 Å². The maximum Gasteiger partial charge on any atom is 0.407 e. The number of hydrogen-bond acceptors (Lipinski definition) is 3. The number of amides is 1. The fraction of sp³-hybridized carbons (Fsp3) is 0.211. The molecule has 2 N–H and O–H groups in total. The highest BCUT2D eigenvalue weighted by Crippen LogP contribution is 2.19. The van der Waals surface area contributed by atoms with E-state index >= 15 is 0 Å². The molecule has 0 atom stereocenters. The van der Waals surface area contributed by atoms with Gasteiger partial charge in [0.15, 0.2) is 0 Å². The summed E-state index contributed by atoms with van der Waals surface area (Å²) in [4.78, 5) is 11.6. The highest BCUT2D eigenvalue weighted by atomic mass is 16.5. The Balaban J connectivity index is 1.67. The summed E-state index contributed by atoms with van der Waals surface area (Å²) in [5.74, 6) is 0.252. The molecular weight excluding hydrogens is 290 g/mol. The number of carbonyl (C=O) groups is 1. The molecule has 0 aliphatic carbocycles. The summed E-state index contributed by atoms with van der Waals surface area (Å²) < 4.78 is 5.11. The lowest BCUT2D eigenvalue weighted by Crippen LogP contribution is -2.24. The van der Waals surface area contributed by atoms with Crippen molar-refractivity contribution >= 4 is 12.2 Å². The monoisotopic (exact) mass is 311 g/mol. The molecule has 0 fully saturated rings. The summed E-state index contributed by atoms with van der Waals surface area (Å²) in [6, 6.07) is 15.0. The molecule has 1 amide bonds. The normalized spacial score (nSPS) is 10.7. The Kier molecular flexibility index (Phi) is 6.24. The lowest BCUT2D eigenvalue weighted by molar-refractivity contribution is 0.140. The quantitative estimate of drug-likeness (QED) is 0.792. The Morgan fingerprint density at radius 2 is 2.00 bits per heavy atom. The van der Waals surface area contributed by atoms with Gasteiger partial charge in [0.2, 0.25) is 0 Å². The fourth-order valence-electron chi connectivity index (χ4n) is 2.05. The average molecular weight is 311 g/mol. The zero-order chi connectivity index (χ0) is 16.5. The summed E-state index contributed by atoms with van der Waals surface area (Å²) in [5.41, 5.74) is 2.82. The van der Waals surface area contributed by atoms with Gasteiger partial charge in [0.05, 0.1) is 0 Å². The number of aromatic hydroxyl groups is 1. The van der Waals surface area contributed by atoms with Crippen LogP contribution in [0, 0.1) is 6.92 Å². The van der Waals surface area contributed by atoms with Crippen LogP contribution in [0.25, 0.3) is 6.08 Å². The lowest BCUT2D eigenvalue weighted by atomic mass is 10.1. The minimum Gasteiger partial charge on any atom is -0.507 e. The van der Waals surface area contributed by atoms with Crippen molar-refractivity contribution < 1.29 is 14.6 Å². The maximum absolute atomic E-state index is 11.6. The number of hydrogen-bond donors (Lipinski definition) is 2. The van der Waals surface area contributed by atoms with E-state index in [1.807, 2.05) is 61.5 Å². The van der Waals surface area contributed by atoms with Gasteiger partial charge in [-0.15, -0.1) is 0 Å². The minimum atomic E-state index is -0.430. The van der Waals surface area contributed by atoms with Crippen molar-refractivity contribution in [3.8, 4) is 5.75 Å². The van der Waals surface area contributed by atoms with Crippen molar-refractivity contribution in [1.82, 2.24) is 5.32 Å². The van der Waals surface area contributed by atoms with Crippen LogP contribution in [0.2, 0.25) is 0 Å². The molecule has 2 rings (SSSR count). The smallest absolute Gasteiger partial charge is 0.407 e. The molecule has 0 radical (unpaired) electrons. The summed E-state index contributed by atoms with van der Waals surface area (Å²) in [7, 11) is 0. The average Bonchev–Trinajstić information content (AvgIpc) is 2.56. The number of rotatable bonds is 6. The molecule has 0 aliphatic heterocycles. The van der Waals surface area contributed by atoms with E-state index < -0.39 is 6.09 Å². The Morgan fingerprint density at radius 1 is 1.22 bits per heavy atom. The van der Waals surface area contributed by atoms with Gasteiger partial charge in [0.25, 0.3) is 0 Å². The topological polar surface area (TPSA) is 58.6 Å². The largest absolute Gasteiger partial charge is 0.507 e. The predicted octanol–water partition coefficient (Wildman–Crippen LogP) is 4.03. The van der Waals surface area contributed by atoms with Crippen molar-refractivity contribution in [2.45, 2.75) is 20.0 Å². The predicted molar refractivity (Wildman–Crippen MR) is 91.1 cm³/mol. The molecule has 120 valence electrons. The minimum absolute atomic E-state index is 0.252. The van der Waals surface area contributed by atoms with Crippen molar-refractivity contribution in [2.24, 2.45) is 0 Å². The first kappa shape index (κ1) is 16.6. The third kappa shape index (κ3) is 5.87. The third-order valence-corrected chi connectivity index (χ3v) is 3.27. The van der Waals surface area contributed by atoms with Crippen LogP contribution in [0.4, 0.5) is 4.79 Å². The zero-order valence-corrected chi connectivity index (χ0v) is 13.2. The van der Waals surface area contributed by atoms with Crippen LogP contribution >= 0.6 is 0 Å². The zero-order valence-electron chi connectivity index (χ0n) is 13.2. The van der Waals surface area contributed by atoms with Gasteiger partial charge in [0, 0.05) is 12.1 Å². The van der Waals surface area contributed by atoms with E-state index in [4.69, 9.17) is 4.74 Å². The molecule has 0 spiro atoms. The molecule has 0 bridgehead atoms. The molecule has 4 heteroatoms. The van der Waals surface area contributed by atoms with E-state index in [0.717, 1.165) is 16.7 Å². The molecule has 0 heterocycles. The second kappa shape index (κ2) is 8.63. The van der Waals surface area contributed by atoms with Crippen molar-refractivity contribution in [3.63, 3.8) is 0 Å². The number of alkyl carbamates (subject to hydrolysis) is 1. The van der Waals surface area contributed by atoms with Crippen LogP contribution in [-0.2, 0) is 11.3 Å². The Morgan fingerprint density at radius 3 is 2.78 bits per heavy atom. The number of phenols is 1. The number of aryl methyl sites for hydroxylation is 1. The van der Waals surface area contributed by atoms with Gasteiger partial charge < -0.3 is 15.2 Å². The number of benzene rings is 2. The molecule has 0 aliphatic rings. The molecule has 0 saturated carbocycles. The number of phenolic OH excluding ortho intramolecular Hbond substituents is 1. The highest BCUT2D eigenvalue weighted by Gasteiger charge is 2.01. The highest BCUT2D eigenvalue weighted by molar-refractivity contribution is 5.67. The van der Waals surface area contributed by atoms with Gasteiger partial charge in [-0.05, 0) is 31.0 Å². The second-order valence-corrected chi connectivity index (χ2v) is 5.24. The van der Waals surface area contributed by atoms with Crippen LogP contribution in [0.3, 0.4) is 0 Å². The first-order valence-electron chi connectivity index (χ1n) is 7.56. The van der Waals surface area contributed by atoms with Crippen LogP contribution in [0.1, 0.15) is 23.1 Å². The molecule has 0 aromatic heterocycles. The number of nitrogens with one attached hydrogen (secondary N) is 1. The molecule has 0 unspecified atom stereocenters. The summed E-state index contributed by atoms with van der Waals surface area (Å²) in [6.07, 6.45) is 3.99. The first-order chi connectivity index (χ1) is 11.1. The fourth-order valence-corrected chi connectivity index (χ4v) is 2.05. The van der Waals surface area contributed by atoms with Crippen LogP contribution in [0.15, 0.2) is 54.6 Å². The Bertz CT molecular complexity index is 666. The maximum atomic E-state index is 11.6. The molecular formula is C19H21NO3. The summed E-state index contributed by atoms with van der Waals surface area (Å²) >= 11 is 0. The van der Waals surface area contributed by atoms with Gasteiger partial charge in [-0.3, -0.25) is 0 Å². The van der Waals surface area contributed by atoms with E-state index in [-0.39, 0.29) is 12.4 Å². The van der Waals surface area contributed by atoms with Crippen molar-refractivity contribution in [1.29, 1.82) is 0 Å². The van der Waals surface area contributed by atoms with E-state index in [1.165, 1.54) is 0 Å². The summed E-state index contributed by atoms with van der Waals surface area (Å²) in [6.45, 7) is 2.72. The standard InChI is InChI=1S/C19H21NO3/c1-15-10-11-18(21)17(13-15)9-5-6-12-20-19(22)23-14-16-7-3-2-4-8-16/h2-5,7-11,13,21H,6,12,14H2,1H3,(H,20,22). The van der Waals surface area contributed by atoms with Crippen LogP contribution in [-0.4, -0.2) is 17.7 Å². The van der Waals surface area contributed by atoms with E-state index in [2.05, 4.69) is 5.32 Å². The summed E-state index contributed by atoms with van der Waals surface area (Å²) in [5, 5.41) is 12.4. The first-order valence-corrected chi connectivity index (χ1v) is 7.56. The van der Waals surface area contributed by atoms with Gasteiger partial charge >= 0.3 is 6.09 Å². The Hall–Kier alpha value is -2.75. The van der Waals surface area contributed by atoms with Gasteiger partial charge in [0.1, 0.15) is 12.4 Å². The van der Waals surface area contributed by atoms with Crippen molar-refractivity contribution in [2.75, 3.05) is 6.54 Å². The van der Waals surface area contributed by atoms with Gasteiger partial charge in [-0.1, -0.05) is 54.1 Å². The Labute approximate surface area is 136 Å². The lowest BCUT2D eigenvalue weighted by Gasteiger charge is -2.06. The number of carbonyl (C=O) groups excluding carboxylic acids is 1. The SMILES string of the molecule is Cc1ccc(O)c(C=CCCNC(=O)OCc2ccccc2)c1. The molecule has 23 heavy (non-hydrogen) atoms. The number of ether oxygens (including phenoxy) is 1. The van der Waals surface area contributed by atoms with E-state index in [1.54, 1.807) is 6.07 Å². The molecule has 2 aromatic carbocycles. The molecule has 4 nitrogen and oxygen atoms in total.